The van der Waals surface area contributed by atoms with Crippen molar-refractivity contribution in [2.75, 3.05) is 14.2 Å². The normalized spacial score (nSPS) is 12.0. The molecule has 0 bridgehead atoms. The fourth-order valence-corrected chi connectivity index (χ4v) is 3.48. The van der Waals surface area contributed by atoms with E-state index in [1.54, 1.807) is 32.4 Å². The molecule has 0 fully saturated rings. The minimum Gasteiger partial charge on any atom is -0.548 e. The van der Waals surface area contributed by atoms with Gasteiger partial charge in [0.25, 0.3) is 5.91 Å². The zero-order valence-corrected chi connectivity index (χ0v) is 17.2. The highest BCUT2D eigenvalue weighted by Crippen LogP contribution is 2.36. The Morgan fingerprint density at radius 1 is 1.03 bits per heavy atom. The molecule has 0 spiro atoms. The molecule has 8 nitrogen and oxygen atoms in total. The van der Waals surface area contributed by atoms with Gasteiger partial charge >= 0.3 is 0 Å². The van der Waals surface area contributed by atoms with Gasteiger partial charge in [-0.2, -0.15) is 0 Å². The van der Waals surface area contributed by atoms with Crippen molar-refractivity contribution < 1.29 is 24.2 Å². The average molecular weight is 418 g/mol. The number of ether oxygens (including phenoxy) is 2. The molecule has 0 aliphatic carbocycles. The number of benzene rings is 2. The molecule has 0 aliphatic heterocycles. The molecule has 1 amide bonds. The second kappa shape index (κ2) is 7.98. The van der Waals surface area contributed by atoms with Crippen LogP contribution in [0, 0.1) is 0 Å². The van der Waals surface area contributed by atoms with Gasteiger partial charge in [0.2, 0.25) is 0 Å². The fourth-order valence-electron chi connectivity index (χ4n) is 3.48. The molecule has 2 aromatic heterocycles. The summed E-state index contributed by atoms with van der Waals surface area (Å²) in [7, 11) is 3.09. The van der Waals surface area contributed by atoms with Gasteiger partial charge in [0.1, 0.15) is 5.69 Å². The van der Waals surface area contributed by atoms with Crippen molar-refractivity contribution in [3.63, 3.8) is 0 Å². The topological polar surface area (TPSA) is 116 Å². The average Bonchev–Trinajstić information content (AvgIpc) is 3.16. The van der Waals surface area contributed by atoms with Crippen LogP contribution < -0.4 is 19.9 Å². The molecular formula is C23H20N3O5-. The van der Waals surface area contributed by atoms with Crippen molar-refractivity contribution in [1.82, 2.24) is 15.3 Å². The van der Waals surface area contributed by atoms with Gasteiger partial charge in [-0.1, -0.05) is 18.2 Å². The molecule has 4 aromatic rings. The number of para-hydroxylation sites is 1. The van der Waals surface area contributed by atoms with Crippen LogP contribution in [0.25, 0.3) is 33.1 Å². The van der Waals surface area contributed by atoms with Crippen molar-refractivity contribution in [1.29, 1.82) is 0 Å². The third-order valence-electron chi connectivity index (χ3n) is 5.09. The number of hydrogen-bond acceptors (Lipinski definition) is 6. The van der Waals surface area contributed by atoms with E-state index in [2.05, 4.69) is 15.3 Å². The molecule has 158 valence electrons. The predicted octanol–water partition coefficient (Wildman–Crippen LogP) is 2.27. The van der Waals surface area contributed by atoms with Gasteiger partial charge < -0.3 is 29.7 Å². The highest BCUT2D eigenvalue weighted by atomic mass is 16.5. The van der Waals surface area contributed by atoms with Crippen LogP contribution in [-0.4, -0.2) is 42.1 Å². The first kappa shape index (κ1) is 20.2. The Hall–Kier alpha value is -4.07. The van der Waals surface area contributed by atoms with Crippen LogP contribution in [0.5, 0.6) is 11.5 Å². The van der Waals surface area contributed by atoms with E-state index >= 15 is 0 Å². The third-order valence-corrected chi connectivity index (χ3v) is 5.09. The van der Waals surface area contributed by atoms with Gasteiger partial charge in [-0.15, -0.1) is 0 Å². The number of aromatic amines is 1. The Kier molecular flexibility index (Phi) is 5.21. The Morgan fingerprint density at radius 2 is 1.77 bits per heavy atom. The molecule has 0 saturated carbocycles. The summed E-state index contributed by atoms with van der Waals surface area (Å²) in [5, 5.41) is 15.2. The van der Waals surface area contributed by atoms with Gasteiger partial charge in [-0.3, -0.25) is 4.79 Å². The molecule has 2 aromatic carbocycles. The molecule has 0 saturated heterocycles. The number of methoxy groups -OCH3 is 2. The van der Waals surface area contributed by atoms with E-state index in [0.29, 0.717) is 22.8 Å². The Labute approximate surface area is 177 Å². The molecule has 31 heavy (non-hydrogen) atoms. The minimum atomic E-state index is -1.37. The second-order valence-electron chi connectivity index (χ2n) is 7.03. The maximum atomic E-state index is 12.7. The van der Waals surface area contributed by atoms with E-state index < -0.39 is 17.9 Å². The molecule has 0 radical (unpaired) electrons. The maximum absolute atomic E-state index is 12.7. The molecular weight excluding hydrogens is 398 g/mol. The fraction of sp³-hybridized carbons (Fsp3) is 0.174. The lowest BCUT2D eigenvalue weighted by atomic mass is 10.1. The quantitative estimate of drug-likeness (QED) is 0.496. The van der Waals surface area contributed by atoms with E-state index in [1.165, 1.54) is 6.92 Å². The van der Waals surface area contributed by atoms with Crippen LogP contribution in [-0.2, 0) is 4.79 Å². The largest absolute Gasteiger partial charge is 0.548 e. The van der Waals surface area contributed by atoms with E-state index in [4.69, 9.17) is 9.47 Å². The van der Waals surface area contributed by atoms with Gasteiger partial charge in [0, 0.05) is 21.9 Å². The number of nitrogens with zero attached hydrogens (tertiary/aromatic N) is 1. The van der Waals surface area contributed by atoms with Crippen molar-refractivity contribution in [3.8, 4) is 22.8 Å². The van der Waals surface area contributed by atoms with Crippen LogP contribution in [0.1, 0.15) is 17.4 Å². The number of hydrogen-bond donors (Lipinski definition) is 2. The maximum Gasteiger partial charge on any atom is 0.270 e. The molecule has 2 N–H and O–H groups in total. The number of carbonyl (C=O) groups excluding carboxylic acids is 2. The summed E-state index contributed by atoms with van der Waals surface area (Å²) in [5.41, 5.74) is 2.97. The van der Waals surface area contributed by atoms with E-state index in [9.17, 15) is 14.7 Å². The summed E-state index contributed by atoms with van der Waals surface area (Å²) in [4.78, 5) is 31.7. The number of aromatic nitrogens is 2. The molecule has 0 aliphatic rings. The summed E-state index contributed by atoms with van der Waals surface area (Å²) in [6.07, 6.45) is 0. The smallest absolute Gasteiger partial charge is 0.270 e. The summed E-state index contributed by atoms with van der Waals surface area (Å²) in [6.45, 7) is 1.34. The van der Waals surface area contributed by atoms with Crippen molar-refractivity contribution >= 4 is 33.7 Å². The number of H-pyrrole nitrogens is 1. The van der Waals surface area contributed by atoms with Crippen molar-refractivity contribution in [2.45, 2.75) is 13.0 Å². The predicted molar refractivity (Wildman–Crippen MR) is 114 cm³/mol. The SMILES string of the molecule is COc1ccc(-c2nc(C(=O)NC(C)C(=O)[O-])cc3c2[nH]c2ccccc23)cc1OC. The molecule has 8 heteroatoms. The van der Waals surface area contributed by atoms with Gasteiger partial charge in [0.15, 0.2) is 11.5 Å². The zero-order chi connectivity index (χ0) is 22.1. The first-order chi connectivity index (χ1) is 14.9. The number of nitrogens with one attached hydrogen (secondary N) is 2. The summed E-state index contributed by atoms with van der Waals surface area (Å²) in [6, 6.07) is 13.5. The number of aliphatic carboxylic acids is 1. The summed E-state index contributed by atoms with van der Waals surface area (Å²) >= 11 is 0. The van der Waals surface area contributed by atoms with Crippen LogP contribution >= 0.6 is 0 Å². The Balaban J connectivity index is 1.95. The monoisotopic (exact) mass is 418 g/mol. The van der Waals surface area contributed by atoms with E-state index in [0.717, 1.165) is 21.8 Å². The van der Waals surface area contributed by atoms with Crippen LogP contribution in [0.2, 0.25) is 0 Å². The molecule has 4 rings (SSSR count). The van der Waals surface area contributed by atoms with Crippen molar-refractivity contribution in [2.24, 2.45) is 0 Å². The lowest BCUT2D eigenvalue weighted by Gasteiger charge is -2.15. The number of carbonyl (C=O) groups is 2. The summed E-state index contributed by atoms with van der Waals surface area (Å²) in [5.74, 6) is -0.894. The van der Waals surface area contributed by atoms with E-state index in [1.807, 2.05) is 30.3 Å². The minimum absolute atomic E-state index is 0.0927. The molecule has 1 atom stereocenters. The van der Waals surface area contributed by atoms with Crippen LogP contribution in [0.15, 0.2) is 48.5 Å². The number of fused-ring (bicyclic) bond motifs is 3. The number of rotatable bonds is 6. The third kappa shape index (κ3) is 3.63. The standard InChI is InChI=1S/C23H21N3O5/c1-12(23(28)29)24-22(27)17-11-15-14-6-4-5-7-16(14)25-21(15)20(26-17)13-8-9-18(30-2)19(10-13)31-3/h4-12,25H,1-3H3,(H,24,27)(H,28,29)/p-1. The highest BCUT2D eigenvalue weighted by molar-refractivity contribution is 6.13. The highest BCUT2D eigenvalue weighted by Gasteiger charge is 2.19. The number of carboxylic acid groups (broad SMARTS) is 1. The number of pyridine rings is 1. The van der Waals surface area contributed by atoms with Crippen LogP contribution in [0.4, 0.5) is 0 Å². The number of carboxylic acids is 1. The lowest BCUT2D eigenvalue weighted by molar-refractivity contribution is -0.307. The molecule has 2 heterocycles. The Morgan fingerprint density at radius 3 is 2.48 bits per heavy atom. The van der Waals surface area contributed by atoms with Gasteiger partial charge in [-0.05, 0) is 37.3 Å². The Bertz CT molecular complexity index is 1310. The zero-order valence-electron chi connectivity index (χ0n) is 17.2. The first-order valence-corrected chi connectivity index (χ1v) is 9.58. The van der Waals surface area contributed by atoms with Gasteiger partial charge in [-0.25, -0.2) is 4.98 Å². The molecule has 1 unspecified atom stereocenters. The van der Waals surface area contributed by atoms with Crippen LogP contribution in [0.3, 0.4) is 0 Å². The lowest BCUT2D eigenvalue weighted by Crippen LogP contribution is -2.46. The second-order valence-corrected chi connectivity index (χ2v) is 7.03. The van der Waals surface area contributed by atoms with E-state index in [-0.39, 0.29) is 5.69 Å². The summed E-state index contributed by atoms with van der Waals surface area (Å²) < 4.78 is 10.7. The number of amides is 1. The van der Waals surface area contributed by atoms with Crippen molar-refractivity contribution in [3.05, 3.63) is 54.2 Å². The first-order valence-electron chi connectivity index (χ1n) is 9.58. The van der Waals surface area contributed by atoms with Gasteiger partial charge in [0.05, 0.1) is 37.4 Å².